The summed E-state index contributed by atoms with van der Waals surface area (Å²) in [4.78, 5) is 12.6. The third-order valence-electron chi connectivity index (χ3n) is 4.51. The lowest BCUT2D eigenvalue weighted by molar-refractivity contribution is -0.116. The molecule has 5 nitrogen and oxygen atoms in total. The Hall–Kier alpha value is -2.74. The molecule has 0 atom stereocenters. The van der Waals surface area contributed by atoms with Crippen LogP contribution in [0, 0.1) is 12.7 Å². The topological polar surface area (TPSA) is 66.5 Å². The van der Waals surface area contributed by atoms with Crippen molar-refractivity contribution in [3.63, 3.8) is 0 Å². The zero-order valence-corrected chi connectivity index (χ0v) is 17.8. The molecule has 0 heterocycles. The molecule has 0 saturated carbocycles. The molecule has 1 amide bonds. The Morgan fingerprint density at radius 3 is 2.27 bits per heavy atom. The average Bonchev–Trinajstić information content (AvgIpc) is 2.71. The number of nitrogens with zero attached hydrogens (tertiary/aromatic N) is 1. The Kier molecular flexibility index (Phi) is 6.87. The molecule has 8 heteroatoms. The van der Waals surface area contributed by atoms with E-state index in [4.69, 9.17) is 11.6 Å². The number of carbonyl (C=O) groups excluding carboxylic acids is 1. The molecule has 0 unspecified atom stereocenters. The van der Waals surface area contributed by atoms with Gasteiger partial charge >= 0.3 is 0 Å². The highest BCUT2D eigenvalue weighted by molar-refractivity contribution is 7.89. The number of halogens is 2. The van der Waals surface area contributed by atoms with Crippen LogP contribution in [-0.2, 0) is 21.4 Å². The van der Waals surface area contributed by atoms with Crippen molar-refractivity contribution in [1.29, 1.82) is 0 Å². The minimum Gasteiger partial charge on any atom is -0.325 e. The van der Waals surface area contributed by atoms with Gasteiger partial charge in [-0.2, -0.15) is 4.31 Å². The molecule has 3 aromatic rings. The van der Waals surface area contributed by atoms with Crippen molar-refractivity contribution in [3.8, 4) is 0 Å². The Morgan fingerprint density at radius 1 is 1.00 bits per heavy atom. The highest BCUT2D eigenvalue weighted by atomic mass is 35.5. The quantitative estimate of drug-likeness (QED) is 0.576. The number of sulfonamides is 1. The van der Waals surface area contributed by atoms with Crippen LogP contribution in [-0.4, -0.2) is 25.2 Å². The van der Waals surface area contributed by atoms with E-state index in [1.807, 2.05) is 31.2 Å². The van der Waals surface area contributed by atoms with Crippen LogP contribution < -0.4 is 5.32 Å². The van der Waals surface area contributed by atoms with Crippen LogP contribution in [0.25, 0.3) is 0 Å². The molecule has 0 spiro atoms. The number of hydrogen-bond acceptors (Lipinski definition) is 3. The van der Waals surface area contributed by atoms with Gasteiger partial charge in [0.2, 0.25) is 15.9 Å². The summed E-state index contributed by atoms with van der Waals surface area (Å²) in [5, 5.41) is 3.01. The van der Waals surface area contributed by atoms with Crippen molar-refractivity contribution in [1.82, 2.24) is 4.31 Å². The minimum atomic E-state index is -3.97. The Labute approximate surface area is 180 Å². The highest BCUT2D eigenvalue weighted by Crippen LogP contribution is 2.22. The van der Waals surface area contributed by atoms with E-state index in [2.05, 4.69) is 5.32 Å². The van der Waals surface area contributed by atoms with Crippen molar-refractivity contribution in [2.24, 2.45) is 0 Å². The molecule has 0 aliphatic carbocycles. The van der Waals surface area contributed by atoms with Crippen molar-refractivity contribution < 1.29 is 17.6 Å². The first-order valence-electron chi connectivity index (χ1n) is 9.11. The molecule has 1 N–H and O–H groups in total. The summed E-state index contributed by atoms with van der Waals surface area (Å²) in [6, 6.07) is 18.4. The van der Waals surface area contributed by atoms with Gasteiger partial charge < -0.3 is 5.32 Å². The van der Waals surface area contributed by atoms with Gasteiger partial charge in [0.25, 0.3) is 0 Å². The van der Waals surface area contributed by atoms with Crippen molar-refractivity contribution >= 4 is 33.2 Å². The summed E-state index contributed by atoms with van der Waals surface area (Å²) < 4.78 is 40.7. The highest BCUT2D eigenvalue weighted by Gasteiger charge is 2.27. The molecule has 0 aliphatic heterocycles. The van der Waals surface area contributed by atoms with E-state index in [0.717, 1.165) is 15.4 Å². The third kappa shape index (κ3) is 5.44. The lowest BCUT2D eigenvalue weighted by Gasteiger charge is -2.23. The maximum atomic E-state index is 13.2. The third-order valence-corrected chi connectivity index (χ3v) is 6.57. The molecule has 30 heavy (non-hydrogen) atoms. The Balaban J connectivity index is 1.88. The van der Waals surface area contributed by atoms with Crippen LogP contribution in [0.2, 0.25) is 5.02 Å². The molecule has 3 rings (SSSR count). The van der Waals surface area contributed by atoms with Gasteiger partial charge in [-0.05, 0) is 66.6 Å². The van der Waals surface area contributed by atoms with Crippen LogP contribution in [0.5, 0.6) is 0 Å². The van der Waals surface area contributed by atoms with Gasteiger partial charge in [-0.25, -0.2) is 12.8 Å². The van der Waals surface area contributed by atoms with Gasteiger partial charge in [0, 0.05) is 17.3 Å². The predicted molar refractivity (Wildman–Crippen MR) is 115 cm³/mol. The lowest BCUT2D eigenvalue weighted by Crippen LogP contribution is -2.37. The molecule has 0 fully saturated rings. The van der Waals surface area contributed by atoms with Gasteiger partial charge in [0.15, 0.2) is 0 Å². The van der Waals surface area contributed by atoms with Gasteiger partial charge in [-0.15, -0.1) is 0 Å². The molecule has 3 aromatic carbocycles. The number of carbonyl (C=O) groups is 1. The zero-order valence-electron chi connectivity index (χ0n) is 16.2. The number of anilines is 1. The van der Waals surface area contributed by atoms with Gasteiger partial charge in [0.05, 0.1) is 11.4 Å². The second-order valence-corrected chi connectivity index (χ2v) is 9.08. The molecule has 156 valence electrons. The number of rotatable bonds is 7. The van der Waals surface area contributed by atoms with Crippen LogP contribution in [0.4, 0.5) is 10.1 Å². The number of aryl methyl sites for hydroxylation is 1. The van der Waals surface area contributed by atoms with E-state index in [-0.39, 0.29) is 11.4 Å². The SMILES string of the molecule is Cc1ccccc1CN(CC(=O)Nc1ccc(F)cc1)S(=O)(=O)c1ccc(Cl)cc1. The number of hydrogen-bond donors (Lipinski definition) is 1. The Bertz CT molecular complexity index is 1130. The first-order chi connectivity index (χ1) is 14.3. The minimum absolute atomic E-state index is 0.0223. The van der Waals surface area contributed by atoms with Crippen LogP contribution in [0.1, 0.15) is 11.1 Å². The summed E-state index contributed by atoms with van der Waals surface area (Å²) in [6.45, 7) is 1.49. The predicted octanol–water partition coefficient (Wildman–Crippen LogP) is 4.62. The molecular formula is C22H20ClFN2O3S. The molecule has 0 saturated heterocycles. The summed E-state index contributed by atoms with van der Waals surface area (Å²) in [5.74, 6) is -0.966. The van der Waals surface area contributed by atoms with Crippen LogP contribution >= 0.6 is 11.6 Å². The molecule has 0 radical (unpaired) electrons. The largest absolute Gasteiger partial charge is 0.325 e. The first-order valence-corrected chi connectivity index (χ1v) is 10.9. The summed E-state index contributed by atoms with van der Waals surface area (Å²) in [5.41, 5.74) is 2.07. The monoisotopic (exact) mass is 446 g/mol. The maximum Gasteiger partial charge on any atom is 0.243 e. The second kappa shape index (κ2) is 9.38. The second-order valence-electron chi connectivity index (χ2n) is 6.71. The number of benzene rings is 3. The summed E-state index contributed by atoms with van der Waals surface area (Å²) >= 11 is 5.88. The van der Waals surface area contributed by atoms with E-state index < -0.39 is 28.3 Å². The fraction of sp³-hybridized carbons (Fsp3) is 0.136. The average molecular weight is 447 g/mol. The fourth-order valence-corrected chi connectivity index (χ4v) is 4.35. The standard InChI is InChI=1S/C22H20ClFN2O3S/c1-16-4-2-3-5-17(16)14-26(30(28,29)21-12-6-18(23)7-13-21)15-22(27)25-20-10-8-19(24)9-11-20/h2-13H,14-15H2,1H3,(H,25,27). The summed E-state index contributed by atoms with van der Waals surface area (Å²) in [7, 11) is -3.97. The van der Waals surface area contributed by atoms with Gasteiger partial charge in [0.1, 0.15) is 5.82 Å². The first kappa shape index (κ1) is 22.0. The zero-order chi connectivity index (χ0) is 21.7. The smallest absolute Gasteiger partial charge is 0.243 e. The number of nitrogens with one attached hydrogen (secondary N) is 1. The summed E-state index contributed by atoms with van der Waals surface area (Å²) in [6.07, 6.45) is 0. The fourth-order valence-electron chi connectivity index (χ4n) is 2.85. The van der Waals surface area contributed by atoms with Crippen molar-refractivity contribution in [3.05, 3.63) is 94.8 Å². The van der Waals surface area contributed by atoms with E-state index in [1.54, 1.807) is 0 Å². The molecule has 0 aromatic heterocycles. The van der Waals surface area contributed by atoms with E-state index in [9.17, 15) is 17.6 Å². The normalized spacial score (nSPS) is 11.5. The number of amides is 1. The van der Waals surface area contributed by atoms with Gasteiger partial charge in [-0.1, -0.05) is 35.9 Å². The molecular weight excluding hydrogens is 427 g/mol. The van der Waals surface area contributed by atoms with Crippen molar-refractivity contribution in [2.75, 3.05) is 11.9 Å². The lowest BCUT2D eigenvalue weighted by atomic mass is 10.1. The van der Waals surface area contributed by atoms with Crippen molar-refractivity contribution in [2.45, 2.75) is 18.4 Å². The van der Waals surface area contributed by atoms with Crippen LogP contribution in [0.3, 0.4) is 0 Å². The maximum absolute atomic E-state index is 13.2. The molecule has 0 aliphatic rings. The van der Waals surface area contributed by atoms with Gasteiger partial charge in [-0.3, -0.25) is 4.79 Å². The van der Waals surface area contributed by atoms with E-state index in [0.29, 0.717) is 10.7 Å². The van der Waals surface area contributed by atoms with E-state index in [1.165, 1.54) is 48.5 Å². The Morgan fingerprint density at radius 2 is 1.63 bits per heavy atom. The van der Waals surface area contributed by atoms with Crippen LogP contribution in [0.15, 0.2) is 77.7 Å². The molecule has 0 bridgehead atoms. The van der Waals surface area contributed by atoms with E-state index >= 15 is 0 Å².